The predicted octanol–water partition coefficient (Wildman–Crippen LogP) is 2.39. The van der Waals surface area contributed by atoms with Gasteiger partial charge in [0.25, 0.3) is 0 Å². The van der Waals surface area contributed by atoms with Gasteiger partial charge in [0.2, 0.25) is 0 Å². The number of halogens is 1. The molecule has 2 nitrogen and oxygen atoms in total. The average molecular weight is 197 g/mol. The van der Waals surface area contributed by atoms with Gasteiger partial charge in [-0.05, 0) is 12.1 Å². The van der Waals surface area contributed by atoms with Gasteiger partial charge in [-0.15, -0.1) is 11.6 Å². The van der Waals surface area contributed by atoms with Gasteiger partial charge in [-0.3, -0.25) is 0 Å². The zero-order valence-electron chi connectivity index (χ0n) is 7.00. The molecule has 0 N–H and O–H groups in total. The minimum absolute atomic E-state index is 0.0890. The Kier molecular flexibility index (Phi) is 3.53. The first kappa shape index (κ1) is 9.81. The van der Waals surface area contributed by atoms with Crippen molar-refractivity contribution in [3.63, 3.8) is 0 Å². The van der Waals surface area contributed by atoms with Crippen molar-refractivity contribution in [3.8, 4) is 5.75 Å². The third-order valence-corrected chi connectivity index (χ3v) is 1.73. The van der Waals surface area contributed by atoms with Crippen LogP contribution in [0.1, 0.15) is 0 Å². The number of carbonyl (C=O) groups excluding carboxylic acids is 1. The van der Waals surface area contributed by atoms with E-state index in [4.69, 9.17) is 16.3 Å². The number of hydrogen-bond acceptors (Lipinski definition) is 2. The number of ether oxygens (including phenoxy) is 1. The van der Waals surface area contributed by atoms with Crippen LogP contribution < -0.4 is 4.74 Å². The second-order valence-corrected chi connectivity index (χ2v) is 2.71. The lowest BCUT2D eigenvalue weighted by Crippen LogP contribution is -2.11. The second-order valence-electron chi connectivity index (χ2n) is 2.44. The number of hydrogen-bond donors (Lipinski definition) is 0. The number of carbonyl (C=O) groups is 1. The molecule has 3 heteroatoms. The zero-order chi connectivity index (χ0) is 9.68. The molecule has 1 aromatic rings. The number of benzene rings is 1. The largest absolute Gasteiger partial charge is 0.423 e. The van der Waals surface area contributed by atoms with E-state index in [1.165, 1.54) is 0 Å². The van der Waals surface area contributed by atoms with E-state index in [0.717, 1.165) is 0 Å². The molecule has 0 bridgehead atoms. The van der Waals surface area contributed by atoms with Crippen LogP contribution in [0, 0.1) is 0 Å². The summed E-state index contributed by atoms with van der Waals surface area (Å²) in [5.41, 5.74) is 0.255. The summed E-state index contributed by atoms with van der Waals surface area (Å²) in [5.74, 6) is 0.103. The molecule has 0 unspecified atom stereocenters. The van der Waals surface area contributed by atoms with Gasteiger partial charge >= 0.3 is 5.97 Å². The first-order valence-electron chi connectivity index (χ1n) is 3.75. The highest BCUT2D eigenvalue weighted by Gasteiger charge is 2.07. The lowest BCUT2D eigenvalue weighted by molar-refractivity contribution is -0.130. The Morgan fingerprint density at radius 3 is 2.54 bits per heavy atom. The maximum atomic E-state index is 11.1. The molecule has 0 heterocycles. The third kappa shape index (κ3) is 2.92. The molecule has 13 heavy (non-hydrogen) atoms. The van der Waals surface area contributed by atoms with Gasteiger partial charge < -0.3 is 4.74 Å². The van der Waals surface area contributed by atoms with E-state index in [2.05, 4.69) is 6.58 Å². The summed E-state index contributed by atoms with van der Waals surface area (Å²) in [7, 11) is 0. The number of para-hydroxylation sites is 1. The van der Waals surface area contributed by atoms with Gasteiger partial charge in [-0.1, -0.05) is 24.8 Å². The molecule has 0 spiro atoms. The van der Waals surface area contributed by atoms with Gasteiger partial charge in [0.15, 0.2) is 0 Å². The molecule has 0 saturated carbocycles. The highest BCUT2D eigenvalue weighted by atomic mass is 35.5. The van der Waals surface area contributed by atoms with Crippen molar-refractivity contribution in [2.45, 2.75) is 0 Å². The van der Waals surface area contributed by atoms with Crippen LogP contribution in [0.15, 0.2) is 42.5 Å². The van der Waals surface area contributed by atoms with Gasteiger partial charge in [0, 0.05) is 5.57 Å². The summed E-state index contributed by atoms with van der Waals surface area (Å²) in [4.78, 5) is 11.1. The summed E-state index contributed by atoms with van der Waals surface area (Å²) >= 11 is 5.41. The molecule has 0 radical (unpaired) electrons. The maximum absolute atomic E-state index is 11.1. The van der Waals surface area contributed by atoms with Crippen molar-refractivity contribution < 1.29 is 9.53 Å². The zero-order valence-corrected chi connectivity index (χ0v) is 7.75. The highest BCUT2D eigenvalue weighted by Crippen LogP contribution is 2.10. The van der Waals surface area contributed by atoms with Crippen LogP contribution in [0.25, 0.3) is 0 Å². The van der Waals surface area contributed by atoms with Crippen molar-refractivity contribution in [2.75, 3.05) is 5.88 Å². The Bertz CT molecular complexity index is 306. The molecule has 0 aliphatic rings. The van der Waals surface area contributed by atoms with Gasteiger partial charge in [-0.25, -0.2) is 4.79 Å². The molecule has 0 amide bonds. The summed E-state index contributed by atoms with van der Waals surface area (Å²) in [6, 6.07) is 8.80. The highest BCUT2D eigenvalue weighted by molar-refractivity contribution is 6.22. The Morgan fingerprint density at radius 2 is 2.00 bits per heavy atom. The Hall–Kier alpha value is -1.28. The molecule has 1 aromatic carbocycles. The van der Waals surface area contributed by atoms with Crippen LogP contribution in [-0.4, -0.2) is 11.8 Å². The lowest BCUT2D eigenvalue weighted by Gasteiger charge is -2.03. The number of esters is 1. The van der Waals surface area contributed by atoms with Crippen molar-refractivity contribution in [2.24, 2.45) is 0 Å². The third-order valence-electron chi connectivity index (χ3n) is 1.40. The second kappa shape index (κ2) is 4.67. The van der Waals surface area contributed by atoms with E-state index < -0.39 is 5.97 Å². The van der Waals surface area contributed by atoms with Gasteiger partial charge in [-0.2, -0.15) is 0 Å². The minimum Gasteiger partial charge on any atom is -0.423 e. The van der Waals surface area contributed by atoms with Crippen LogP contribution in [0.4, 0.5) is 0 Å². The van der Waals surface area contributed by atoms with Crippen LogP contribution >= 0.6 is 11.6 Å². The van der Waals surface area contributed by atoms with E-state index >= 15 is 0 Å². The quantitative estimate of drug-likeness (QED) is 0.321. The molecule has 0 saturated heterocycles. The molecule has 0 atom stereocenters. The van der Waals surface area contributed by atoms with E-state index in [1.807, 2.05) is 6.07 Å². The molecule has 0 aliphatic heterocycles. The first-order valence-corrected chi connectivity index (χ1v) is 4.28. The fraction of sp³-hybridized carbons (Fsp3) is 0.100. The van der Waals surface area contributed by atoms with Gasteiger partial charge in [0.1, 0.15) is 5.75 Å². The summed E-state index contributed by atoms with van der Waals surface area (Å²) in [5, 5.41) is 0. The molecule has 1 rings (SSSR count). The van der Waals surface area contributed by atoms with Crippen molar-refractivity contribution in [1.29, 1.82) is 0 Å². The smallest absolute Gasteiger partial charge is 0.340 e. The Balaban J connectivity index is 2.60. The molecular weight excluding hydrogens is 188 g/mol. The van der Waals surface area contributed by atoms with Crippen LogP contribution in [0.2, 0.25) is 0 Å². The number of alkyl halides is 1. The van der Waals surface area contributed by atoms with Crippen molar-refractivity contribution in [1.82, 2.24) is 0 Å². The van der Waals surface area contributed by atoms with Crippen LogP contribution in [0.3, 0.4) is 0 Å². The summed E-state index contributed by atoms with van der Waals surface area (Å²) in [6.45, 7) is 3.46. The van der Waals surface area contributed by atoms with E-state index in [0.29, 0.717) is 5.75 Å². The summed E-state index contributed by atoms with van der Waals surface area (Å²) < 4.78 is 4.94. The minimum atomic E-state index is -0.485. The van der Waals surface area contributed by atoms with Crippen molar-refractivity contribution >= 4 is 17.6 Å². The van der Waals surface area contributed by atoms with Crippen molar-refractivity contribution in [3.05, 3.63) is 42.5 Å². The van der Waals surface area contributed by atoms with Crippen LogP contribution in [0.5, 0.6) is 5.75 Å². The fourth-order valence-electron chi connectivity index (χ4n) is 0.722. The van der Waals surface area contributed by atoms with E-state index in [-0.39, 0.29) is 11.5 Å². The maximum Gasteiger partial charge on any atom is 0.340 e. The first-order chi connectivity index (χ1) is 6.24. The SMILES string of the molecule is C=C(CCl)C(=O)Oc1ccccc1. The summed E-state index contributed by atoms with van der Waals surface area (Å²) in [6.07, 6.45) is 0. The molecule has 0 aromatic heterocycles. The number of rotatable bonds is 3. The topological polar surface area (TPSA) is 26.3 Å². The molecule has 0 aliphatic carbocycles. The molecule has 68 valence electrons. The Morgan fingerprint density at radius 1 is 1.38 bits per heavy atom. The average Bonchev–Trinajstić information content (AvgIpc) is 2.18. The fourth-order valence-corrected chi connectivity index (χ4v) is 0.831. The van der Waals surface area contributed by atoms with E-state index in [9.17, 15) is 4.79 Å². The van der Waals surface area contributed by atoms with E-state index in [1.54, 1.807) is 24.3 Å². The standard InChI is InChI=1S/C10H9ClO2/c1-8(7-11)10(12)13-9-5-3-2-4-6-9/h2-6H,1,7H2. The van der Waals surface area contributed by atoms with Crippen LogP contribution in [-0.2, 0) is 4.79 Å². The predicted molar refractivity (Wildman–Crippen MR) is 51.9 cm³/mol. The van der Waals surface area contributed by atoms with Gasteiger partial charge in [0.05, 0.1) is 5.88 Å². The normalized spacial score (nSPS) is 9.31. The molecular formula is C10H9ClO2. The monoisotopic (exact) mass is 196 g/mol. The molecule has 0 fully saturated rings. The Labute approximate surface area is 81.8 Å². The lowest BCUT2D eigenvalue weighted by atomic mass is 10.3.